The second-order valence-corrected chi connectivity index (χ2v) is 15.2. The summed E-state index contributed by atoms with van der Waals surface area (Å²) < 4.78 is 0. The minimum atomic E-state index is 0.640. The lowest BCUT2D eigenvalue weighted by atomic mass is 9.40. The average molecular weight is 489 g/mol. The molecule has 200 valence electrons. The maximum absolute atomic E-state index is 2.72. The van der Waals surface area contributed by atoms with E-state index in [1.54, 1.807) is 62.5 Å². The van der Waals surface area contributed by atoms with Gasteiger partial charge >= 0.3 is 0 Å². The van der Waals surface area contributed by atoms with E-state index in [1.165, 1.54) is 51.4 Å². The molecule has 0 aliphatic heterocycles. The first-order valence-corrected chi connectivity index (χ1v) is 16.5. The van der Waals surface area contributed by atoms with Gasteiger partial charge in [0, 0.05) is 0 Å². The molecule has 0 spiro atoms. The molecular weight excluding hydrogens is 432 g/mol. The van der Waals surface area contributed by atoms with Gasteiger partial charge in [-0.25, -0.2) is 0 Å². The Labute approximate surface area is 223 Å². The molecule has 36 heavy (non-hydrogen) atoms. The number of hydrogen-bond acceptors (Lipinski definition) is 0. The lowest BCUT2D eigenvalue weighted by molar-refractivity contribution is -0.163. The number of hydrogen-bond donors (Lipinski definition) is 0. The SMILES string of the molecule is CCC(C)CCCc1cccc(CCCCC2CCC3C4C5CC(C4(C)C)C3(C2)C2CCCCC52)c1. The van der Waals surface area contributed by atoms with Crippen LogP contribution in [-0.4, -0.2) is 0 Å². The molecule has 0 radical (unpaired) electrons. The van der Waals surface area contributed by atoms with Crippen molar-refractivity contribution in [1.82, 2.24) is 0 Å². The molecule has 5 fully saturated rings. The number of unbranched alkanes of at least 4 members (excludes halogenated alkanes) is 1. The van der Waals surface area contributed by atoms with E-state index in [0.29, 0.717) is 5.41 Å². The Kier molecular flexibility index (Phi) is 7.14. The Balaban J connectivity index is 1.04. The standard InChI is InChI=1S/C36H56/c1-5-25(2)12-10-15-27-17-11-16-26(22-27)13-6-7-14-28-20-21-32-34-30-23-33(35(34,3)4)36(32,24-28)31-19-9-8-18-29(30)31/h11,16-17,22,25,28-34H,5-10,12-15,18-21,23-24H2,1-4H3. The van der Waals surface area contributed by atoms with Crippen LogP contribution in [-0.2, 0) is 12.8 Å². The van der Waals surface area contributed by atoms with Gasteiger partial charge in [0.1, 0.15) is 0 Å². The van der Waals surface area contributed by atoms with Crippen LogP contribution in [0.2, 0.25) is 0 Å². The third kappa shape index (κ3) is 4.14. The summed E-state index contributed by atoms with van der Waals surface area (Å²) in [6.07, 6.45) is 23.7. The summed E-state index contributed by atoms with van der Waals surface area (Å²) in [5.74, 6) is 8.52. The first-order chi connectivity index (χ1) is 17.4. The molecule has 1 aromatic carbocycles. The van der Waals surface area contributed by atoms with Crippen molar-refractivity contribution in [3.05, 3.63) is 35.4 Å². The normalized spacial score (nSPS) is 40.7. The lowest BCUT2D eigenvalue weighted by Crippen LogP contribution is -2.58. The van der Waals surface area contributed by atoms with Crippen molar-refractivity contribution in [2.24, 2.45) is 58.2 Å². The zero-order valence-corrected chi connectivity index (χ0v) is 24.2. The van der Waals surface area contributed by atoms with Gasteiger partial charge in [-0.2, -0.15) is 0 Å². The minimum absolute atomic E-state index is 0.640. The van der Waals surface area contributed by atoms with Crippen molar-refractivity contribution in [1.29, 1.82) is 0 Å². The predicted molar refractivity (Wildman–Crippen MR) is 154 cm³/mol. The van der Waals surface area contributed by atoms with Crippen molar-refractivity contribution in [3.63, 3.8) is 0 Å². The molecule has 9 unspecified atom stereocenters. The van der Waals surface area contributed by atoms with Crippen LogP contribution in [0.1, 0.15) is 129 Å². The number of fused-ring (bicyclic) bond motifs is 3. The van der Waals surface area contributed by atoms with E-state index >= 15 is 0 Å². The molecule has 0 aromatic heterocycles. The fraction of sp³-hybridized carbons (Fsp3) is 0.833. The van der Waals surface area contributed by atoms with Gasteiger partial charge in [-0.15, -0.1) is 0 Å². The third-order valence-electron chi connectivity index (χ3n) is 13.3. The van der Waals surface area contributed by atoms with E-state index in [-0.39, 0.29) is 0 Å². The average Bonchev–Trinajstić information content (AvgIpc) is 3.26. The van der Waals surface area contributed by atoms with E-state index < -0.39 is 0 Å². The molecule has 9 atom stereocenters. The van der Waals surface area contributed by atoms with Crippen molar-refractivity contribution >= 4 is 0 Å². The molecule has 0 heterocycles. The molecule has 0 heteroatoms. The molecule has 0 N–H and O–H groups in total. The first kappa shape index (κ1) is 25.5. The van der Waals surface area contributed by atoms with Gasteiger partial charge in [0.05, 0.1) is 0 Å². The Bertz CT molecular complexity index is 895. The number of benzene rings is 1. The maximum atomic E-state index is 2.72. The van der Waals surface area contributed by atoms with Gasteiger partial charge in [0.25, 0.3) is 0 Å². The third-order valence-corrected chi connectivity index (χ3v) is 13.3. The Morgan fingerprint density at radius 3 is 2.47 bits per heavy atom. The van der Waals surface area contributed by atoms with Crippen LogP contribution in [0, 0.1) is 58.2 Å². The van der Waals surface area contributed by atoms with Gasteiger partial charge in [-0.05, 0) is 127 Å². The van der Waals surface area contributed by atoms with Gasteiger partial charge < -0.3 is 0 Å². The quantitative estimate of drug-likeness (QED) is 0.287. The van der Waals surface area contributed by atoms with E-state index in [4.69, 9.17) is 0 Å². The van der Waals surface area contributed by atoms with Crippen LogP contribution in [0.25, 0.3) is 0 Å². The zero-order chi connectivity index (χ0) is 24.9. The fourth-order valence-electron chi connectivity index (χ4n) is 11.9. The summed E-state index contributed by atoms with van der Waals surface area (Å²) in [4.78, 5) is 0. The summed E-state index contributed by atoms with van der Waals surface area (Å²) >= 11 is 0. The Morgan fingerprint density at radius 1 is 0.889 bits per heavy atom. The van der Waals surface area contributed by atoms with Crippen molar-refractivity contribution in [3.8, 4) is 0 Å². The van der Waals surface area contributed by atoms with Crippen LogP contribution in [0.5, 0.6) is 0 Å². The maximum Gasteiger partial charge on any atom is -0.0199 e. The molecule has 5 saturated carbocycles. The summed E-state index contributed by atoms with van der Waals surface area (Å²) in [6.45, 7) is 10.2. The van der Waals surface area contributed by atoms with Gasteiger partial charge in [0.2, 0.25) is 0 Å². The summed E-state index contributed by atoms with van der Waals surface area (Å²) in [5, 5.41) is 0. The first-order valence-electron chi connectivity index (χ1n) is 16.5. The van der Waals surface area contributed by atoms with Crippen LogP contribution in [0.4, 0.5) is 0 Å². The molecule has 5 aliphatic carbocycles. The highest BCUT2D eigenvalue weighted by Gasteiger charge is 2.77. The van der Waals surface area contributed by atoms with E-state index in [1.807, 2.05) is 0 Å². The monoisotopic (exact) mass is 488 g/mol. The topological polar surface area (TPSA) is 0 Å². The largest absolute Gasteiger partial charge is 0.0651 e. The van der Waals surface area contributed by atoms with Crippen molar-refractivity contribution < 1.29 is 0 Å². The summed E-state index contributed by atoms with van der Waals surface area (Å²) in [6, 6.07) is 9.60. The smallest absolute Gasteiger partial charge is 0.0199 e. The Hall–Kier alpha value is -0.780. The Morgan fingerprint density at radius 2 is 1.67 bits per heavy atom. The van der Waals surface area contributed by atoms with Gasteiger partial charge in [0.15, 0.2) is 0 Å². The fourth-order valence-corrected chi connectivity index (χ4v) is 11.9. The van der Waals surface area contributed by atoms with E-state index in [0.717, 1.165) is 52.8 Å². The predicted octanol–water partition coefficient (Wildman–Crippen LogP) is 10.3. The second-order valence-electron chi connectivity index (χ2n) is 15.2. The van der Waals surface area contributed by atoms with E-state index in [9.17, 15) is 0 Å². The van der Waals surface area contributed by atoms with Crippen LogP contribution >= 0.6 is 0 Å². The molecule has 6 rings (SSSR count). The summed E-state index contributed by atoms with van der Waals surface area (Å²) in [5.41, 5.74) is 4.57. The van der Waals surface area contributed by atoms with Crippen molar-refractivity contribution in [2.75, 3.05) is 0 Å². The molecule has 0 saturated heterocycles. The number of aryl methyl sites for hydroxylation is 2. The highest BCUT2D eigenvalue weighted by atomic mass is 14.8. The van der Waals surface area contributed by atoms with Crippen LogP contribution in [0.15, 0.2) is 24.3 Å². The molecule has 5 aliphatic rings. The minimum Gasteiger partial charge on any atom is -0.0651 e. The van der Waals surface area contributed by atoms with Gasteiger partial charge in [-0.1, -0.05) is 96.9 Å². The lowest BCUT2D eigenvalue weighted by Gasteiger charge is -2.65. The zero-order valence-electron chi connectivity index (χ0n) is 24.2. The molecule has 0 nitrogen and oxygen atoms in total. The van der Waals surface area contributed by atoms with Crippen LogP contribution in [0.3, 0.4) is 0 Å². The van der Waals surface area contributed by atoms with E-state index in [2.05, 4.69) is 52.0 Å². The molecule has 0 amide bonds. The molecular formula is C36H56. The van der Waals surface area contributed by atoms with Crippen molar-refractivity contribution in [2.45, 2.75) is 130 Å². The molecule has 1 aromatic rings. The highest BCUT2D eigenvalue weighted by molar-refractivity contribution is 5.25. The molecule has 3 bridgehead atoms. The summed E-state index contributed by atoms with van der Waals surface area (Å²) in [7, 11) is 0. The second kappa shape index (κ2) is 10.1. The highest BCUT2D eigenvalue weighted by Crippen LogP contribution is 2.83. The van der Waals surface area contributed by atoms with Gasteiger partial charge in [-0.3, -0.25) is 0 Å². The van der Waals surface area contributed by atoms with Crippen LogP contribution < -0.4 is 0 Å². The number of rotatable bonds is 10.